The first-order valence-electron chi connectivity index (χ1n) is 10.2. The highest BCUT2D eigenvalue weighted by Gasteiger charge is 2.35. The highest BCUT2D eigenvalue weighted by Crippen LogP contribution is 2.23. The molecule has 1 N–H and O–H groups in total. The quantitative estimate of drug-likeness (QED) is 0.680. The molecule has 0 spiro atoms. The number of benzene rings is 2. The molecule has 0 bridgehead atoms. The van der Waals surface area contributed by atoms with Gasteiger partial charge in [-0.15, -0.1) is 0 Å². The van der Waals surface area contributed by atoms with Gasteiger partial charge >= 0.3 is 6.03 Å². The summed E-state index contributed by atoms with van der Waals surface area (Å²) in [6, 6.07) is 16.2. The number of imide groups is 1. The van der Waals surface area contributed by atoms with E-state index >= 15 is 0 Å². The number of carbonyl (C=O) groups excluding carboxylic acids is 2. The summed E-state index contributed by atoms with van der Waals surface area (Å²) in [7, 11) is 0. The van der Waals surface area contributed by atoms with E-state index < -0.39 is 6.10 Å². The second-order valence-corrected chi connectivity index (χ2v) is 7.34. The van der Waals surface area contributed by atoms with Gasteiger partial charge in [0.15, 0.2) is 0 Å². The minimum Gasteiger partial charge on any atom is -0.491 e. The molecule has 30 heavy (non-hydrogen) atoms. The van der Waals surface area contributed by atoms with Gasteiger partial charge in [0.2, 0.25) is 5.91 Å². The minimum atomic E-state index is -0.977. The predicted octanol–water partition coefficient (Wildman–Crippen LogP) is 3.67. The maximum atomic E-state index is 12.6. The van der Waals surface area contributed by atoms with Crippen molar-refractivity contribution in [2.24, 2.45) is 0 Å². The van der Waals surface area contributed by atoms with Crippen LogP contribution in [0.3, 0.4) is 0 Å². The molecule has 0 unspecified atom stereocenters. The van der Waals surface area contributed by atoms with Crippen LogP contribution < -0.4 is 9.47 Å². The van der Waals surface area contributed by atoms with E-state index in [1.807, 2.05) is 44.2 Å². The van der Waals surface area contributed by atoms with E-state index in [2.05, 4.69) is 0 Å². The number of aliphatic hydroxyl groups excluding tert-OH is 1. The van der Waals surface area contributed by atoms with E-state index in [9.17, 15) is 14.7 Å². The number of para-hydroxylation sites is 1. The largest absolute Gasteiger partial charge is 0.491 e. The number of carbonyl (C=O) groups is 2. The van der Waals surface area contributed by atoms with E-state index in [4.69, 9.17) is 9.47 Å². The summed E-state index contributed by atoms with van der Waals surface area (Å²) in [6.07, 6.45) is 0.102. The zero-order valence-corrected chi connectivity index (χ0v) is 17.4. The van der Waals surface area contributed by atoms with Crippen LogP contribution in [0.15, 0.2) is 54.6 Å². The number of hydrogen-bond donors (Lipinski definition) is 1. The Hall–Kier alpha value is -3.06. The molecule has 0 saturated carbocycles. The molecule has 0 radical (unpaired) electrons. The minimum absolute atomic E-state index is 0.0285. The number of urea groups is 1. The Balaban J connectivity index is 1.50. The molecular weight excluding hydrogens is 384 g/mol. The first-order valence-corrected chi connectivity index (χ1v) is 10.2. The molecule has 3 amide bonds. The number of aliphatic hydroxyl groups is 1. The van der Waals surface area contributed by atoms with Gasteiger partial charge in [-0.2, -0.15) is 0 Å². The van der Waals surface area contributed by atoms with Crippen molar-refractivity contribution in [3.05, 3.63) is 54.6 Å². The Morgan fingerprint density at radius 3 is 2.30 bits per heavy atom. The molecule has 0 aliphatic carbocycles. The van der Waals surface area contributed by atoms with E-state index in [-0.39, 0.29) is 37.6 Å². The molecule has 7 heteroatoms. The van der Waals surface area contributed by atoms with Crippen molar-refractivity contribution in [2.45, 2.75) is 38.8 Å². The first kappa shape index (κ1) is 21.6. The highest BCUT2D eigenvalue weighted by atomic mass is 16.5. The summed E-state index contributed by atoms with van der Waals surface area (Å²) in [5, 5.41) is 10.3. The van der Waals surface area contributed by atoms with Crippen molar-refractivity contribution < 1.29 is 24.2 Å². The van der Waals surface area contributed by atoms with Gasteiger partial charge < -0.3 is 19.5 Å². The van der Waals surface area contributed by atoms with E-state index in [0.29, 0.717) is 18.0 Å². The van der Waals surface area contributed by atoms with Crippen LogP contribution in [0.2, 0.25) is 0 Å². The number of nitrogens with zero attached hydrogens (tertiary/aromatic N) is 2. The normalized spacial score (nSPS) is 16.4. The molecule has 1 aliphatic rings. The third-order valence-electron chi connectivity index (χ3n) is 5.11. The molecule has 7 nitrogen and oxygen atoms in total. The number of β-amino-alcohol motifs (C(OH)–C–C–N with tert-alkyl or cyclic N) is 1. The fourth-order valence-electron chi connectivity index (χ4n) is 3.20. The molecule has 1 fully saturated rings. The summed E-state index contributed by atoms with van der Waals surface area (Å²) in [5.74, 6) is 1.71. The molecule has 2 aromatic rings. The highest BCUT2D eigenvalue weighted by molar-refractivity contribution is 5.97. The molecule has 3 rings (SSSR count). The Labute approximate surface area is 176 Å². The van der Waals surface area contributed by atoms with Crippen LogP contribution >= 0.6 is 0 Å². The Kier molecular flexibility index (Phi) is 7.30. The third-order valence-corrected chi connectivity index (χ3v) is 5.11. The Morgan fingerprint density at radius 2 is 1.63 bits per heavy atom. The zero-order valence-electron chi connectivity index (χ0n) is 17.4. The van der Waals surface area contributed by atoms with Gasteiger partial charge in [0.05, 0.1) is 6.54 Å². The summed E-state index contributed by atoms with van der Waals surface area (Å²) >= 11 is 0. The summed E-state index contributed by atoms with van der Waals surface area (Å²) in [5.41, 5.74) is 0. The van der Waals surface area contributed by atoms with Gasteiger partial charge in [0.25, 0.3) is 0 Å². The lowest BCUT2D eigenvalue weighted by molar-refractivity contribution is -0.132. The second-order valence-electron chi connectivity index (χ2n) is 7.34. The maximum absolute atomic E-state index is 12.6. The van der Waals surface area contributed by atoms with Crippen molar-refractivity contribution in [1.29, 1.82) is 0 Å². The van der Waals surface area contributed by atoms with Crippen molar-refractivity contribution in [3.8, 4) is 17.2 Å². The van der Waals surface area contributed by atoms with Gasteiger partial charge in [0.1, 0.15) is 30.0 Å². The fraction of sp³-hybridized carbons (Fsp3) is 0.391. The Bertz CT molecular complexity index is 840. The number of ether oxygens (including phenoxy) is 2. The van der Waals surface area contributed by atoms with E-state index in [1.54, 1.807) is 29.2 Å². The topological polar surface area (TPSA) is 79.3 Å². The third kappa shape index (κ3) is 5.51. The smallest absolute Gasteiger partial charge is 0.327 e. The molecule has 2 aromatic carbocycles. The van der Waals surface area contributed by atoms with Crippen LogP contribution in [0.4, 0.5) is 4.79 Å². The van der Waals surface area contributed by atoms with Crippen LogP contribution in [0.25, 0.3) is 0 Å². The Morgan fingerprint density at radius 1 is 1.00 bits per heavy atom. The standard InChI is InChI=1S/C23H28N2O5/c1-3-17(2)24-14-13-22(27)25(23(24)28)15-18(26)16-29-19-9-11-21(12-10-19)30-20-7-5-4-6-8-20/h4-12,17-18,26H,3,13-16H2,1-2H3/t17-,18-/m1/s1. The van der Waals surface area contributed by atoms with Crippen molar-refractivity contribution in [2.75, 3.05) is 19.7 Å². The van der Waals surface area contributed by atoms with Crippen LogP contribution in [-0.2, 0) is 4.79 Å². The molecule has 0 aromatic heterocycles. The average Bonchev–Trinajstić information content (AvgIpc) is 2.76. The van der Waals surface area contributed by atoms with Crippen molar-refractivity contribution >= 4 is 11.9 Å². The average molecular weight is 412 g/mol. The summed E-state index contributed by atoms with van der Waals surface area (Å²) < 4.78 is 11.3. The van der Waals surface area contributed by atoms with Crippen molar-refractivity contribution in [1.82, 2.24) is 9.80 Å². The van der Waals surface area contributed by atoms with Crippen LogP contribution in [0.5, 0.6) is 17.2 Å². The molecular formula is C23H28N2O5. The second kappa shape index (κ2) is 10.1. The predicted molar refractivity (Wildman–Crippen MR) is 113 cm³/mol. The lowest BCUT2D eigenvalue weighted by atomic mass is 10.1. The van der Waals surface area contributed by atoms with Gasteiger partial charge in [0, 0.05) is 19.0 Å². The lowest BCUT2D eigenvalue weighted by Gasteiger charge is -2.38. The molecule has 160 valence electrons. The van der Waals surface area contributed by atoms with Crippen LogP contribution in [-0.4, -0.2) is 58.7 Å². The zero-order chi connectivity index (χ0) is 21.5. The van der Waals surface area contributed by atoms with Crippen LogP contribution in [0, 0.1) is 0 Å². The molecule has 1 heterocycles. The fourth-order valence-corrected chi connectivity index (χ4v) is 3.20. The summed E-state index contributed by atoms with van der Waals surface area (Å²) in [4.78, 5) is 27.6. The van der Waals surface area contributed by atoms with Gasteiger partial charge in [-0.25, -0.2) is 4.79 Å². The molecule has 2 atom stereocenters. The van der Waals surface area contributed by atoms with Crippen LogP contribution in [0.1, 0.15) is 26.7 Å². The number of hydrogen-bond acceptors (Lipinski definition) is 5. The monoisotopic (exact) mass is 412 g/mol. The van der Waals surface area contributed by atoms with Gasteiger partial charge in [-0.05, 0) is 49.7 Å². The molecule has 1 saturated heterocycles. The van der Waals surface area contributed by atoms with E-state index in [1.165, 1.54) is 0 Å². The van der Waals surface area contributed by atoms with Gasteiger partial charge in [-0.3, -0.25) is 9.69 Å². The SMILES string of the molecule is CC[C@@H](C)N1CCC(=O)N(C[C@@H](O)COc2ccc(Oc3ccccc3)cc2)C1=O. The number of rotatable bonds is 9. The van der Waals surface area contributed by atoms with Crippen molar-refractivity contribution in [3.63, 3.8) is 0 Å². The molecule has 1 aliphatic heterocycles. The lowest BCUT2D eigenvalue weighted by Crippen LogP contribution is -2.56. The van der Waals surface area contributed by atoms with Gasteiger partial charge in [-0.1, -0.05) is 25.1 Å². The van der Waals surface area contributed by atoms with E-state index in [0.717, 1.165) is 17.1 Å². The summed E-state index contributed by atoms with van der Waals surface area (Å²) in [6.45, 7) is 4.26. The first-order chi connectivity index (χ1) is 14.5. The number of amides is 3. The maximum Gasteiger partial charge on any atom is 0.327 e.